The highest BCUT2D eigenvalue weighted by Crippen LogP contribution is 2.11. The monoisotopic (exact) mass is 257 g/mol. The van der Waals surface area contributed by atoms with Gasteiger partial charge in [-0.25, -0.2) is 9.59 Å². The number of hydrogen-bond donors (Lipinski definition) is 1. The van der Waals surface area contributed by atoms with Crippen LogP contribution in [0.3, 0.4) is 0 Å². The van der Waals surface area contributed by atoms with E-state index in [9.17, 15) is 9.59 Å². The number of alkyl carbamates (subject to hydrolysis) is 1. The standard InChI is InChI=1S/C12H19NO5/c1-9(2)11(14)17-7-5-13-12(15)18-8-10-4-3-6-16-10/h10H,1,3-8H2,2H3,(H,13,15). The Balaban J connectivity index is 1.99. The number of esters is 1. The van der Waals surface area contributed by atoms with Crippen molar-refractivity contribution in [1.82, 2.24) is 5.32 Å². The van der Waals surface area contributed by atoms with Gasteiger partial charge >= 0.3 is 12.1 Å². The Hall–Kier alpha value is -1.56. The molecular weight excluding hydrogens is 238 g/mol. The van der Waals surface area contributed by atoms with Crippen LogP contribution in [0.4, 0.5) is 4.79 Å². The van der Waals surface area contributed by atoms with E-state index in [-0.39, 0.29) is 25.9 Å². The number of rotatable bonds is 6. The molecule has 1 fully saturated rings. The SMILES string of the molecule is C=C(C)C(=O)OCCNC(=O)OCC1CCCO1. The Morgan fingerprint density at radius 2 is 2.22 bits per heavy atom. The zero-order valence-electron chi connectivity index (χ0n) is 10.6. The van der Waals surface area contributed by atoms with Crippen LogP contribution >= 0.6 is 0 Å². The van der Waals surface area contributed by atoms with Gasteiger partial charge in [-0.15, -0.1) is 0 Å². The number of carbonyl (C=O) groups is 2. The average molecular weight is 257 g/mol. The largest absolute Gasteiger partial charge is 0.460 e. The smallest absolute Gasteiger partial charge is 0.407 e. The maximum Gasteiger partial charge on any atom is 0.407 e. The van der Waals surface area contributed by atoms with E-state index in [4.69, 9.17) is 14.2 Å². The molecule has 0 aliphatic carbocycles. The zero-order valence-corrected chi connectivity index (χ0v) is 10.6. The number of amides is 1. The van der Waals surface area contributed by atoms with Crippen LogP contribution in [0, 0.1) is 0 Å². The van der Waals surface area contributed by atoms with Crippen molar-refractivity contribution in [2.45, 2.75) is 25.9 Å². The van der Waals surface area contributed by atoms with Gasteiger partial charge in [0.15, 0.2) is 0 Å². The van der Waals surface area contributed by atoms with Crippen LogP contribution in [-0.4, -0.2) is 44.5 Å². The first-order chi connectivity index (χ1) is 8.59. The lowest BCUT2D eigenvalue weighted by Crippen LogP contribution is -2.31. The van der Waals surface area contributed by atoms with E-state index in [1.807, 2.05) is 0 Å². The fourth-order valence-corrected chi connectivity index (χ4v) is 1.42. The third kappa shape index (κ3) is 5.67. The van der Waals surface area contributed by atoms with Crippen LogP contribution in [0.25, 0.3) is 0 Å². The second kappa shape index (κ2) is 7.71. The van der Waals surface area contributed by atoms with E-state index in [0.29, 0.717) is 5.57 Å². The molecule has 1 N–H and O–H groups in total. The average Bonchev–Trinajstić information content (AvgIpc) is 2.84. The molecule has 0 aromatic carbocycles. The molecule has 1 aliphatic heterocycles. The molecule has 0 saturated carbocycles. The van der Waals surface area contributed by atoms with Crippen LogP contribution in [0.2, 0.25) is 0 Å². The summed E-state index contributed by atoms with van der Waals surface area (Å²) >= 11 is 0. The number of nitrogens with one attached hydrogen (secondary N) is 1. The molecule has 1 unspecified atom stereocenters. The van der Waals surface area contributed by atoms with Gasteiger partial charge in [0.2, 0.25) is 0 Å². The van der Waals surface area contributed by atoms with Gasteiger partial charge in [-0.2, -0.15) is 0 Å². The van der Waals surface area contributed by atoms with Crippen LogP contribution in [-0.2, 0) is 19.0 Å². The van der Waals surface area contributed by atoms with E-state index in [2.05, 4.69) is 11.9 Å². The van der Waals surface area contributed by atoms with Crippen molar-refractivity contribution in [2.75, 3.05) is 26.4 Å². The molecule has 0 spiro atoms. The van der Waals surface area contributed by atoms with Crippen LogP contribution in [0.5, 0.6) is 0 Å². The lowest BCUT2D eigenvalue weighted by molar-refractivity contribution is -0.138. The third-order valence-corrected chi connectivity index (χ3v) is 2.38. The predicted molar refractivity (Wildman–Crippen MR) is 64.1 cm³/mol. The molecule has 0 aromatic heterocycles. The highest BCUT2D eigenvalue weighted by atomic mass is 16.6. The van der Waals surface area contributed by atoms with Gasteiger partial charge in [0.1, 0.15) is 13.2 Å². The van der Waals surface area contributed by atoms with E-state index >= 15 is 0 Å². The summed E-state index contributed by atoms with van der Waals surface area (Å²) in [6, 6.07) is 0. The van der Waals surface area contributed by atoms with Gasteiger partial charge in [0.25, 0.3) is 0 Å². The van der Waals surface area contributed by atoms with Gasteiger partial charge in [0.05, 0.1) is 12.6 Å². The second-order valence-corrected chi connectivity index (χ2v) is 4.08. The molecular formula is C12H19NO5. The molecule has 0 radical (unpaired) electrons. The summed E-state index contributed by atoms with van der Waals surface area (Å²) in [5.41, 5.74) is 0.330. The molecule has 18 heavy (non-hydrogen) atoms. The number of carbonyl (C=O) groups excluding carboxylic acids is 2. The summed E-state index contributed by atoms with van der Waals surface area (Å²) in [6.07, 6.45) is 1.41. The molecule has 1 aliphatic rings. The minimum atomic E-state index is -0.531. The van der Waals surface area contributed by atoms with Crippen molar-refractivity contribution in [3.8, 4) is 0 Å². The normalized spacial score (nSPS) is 18.2. The predicted octanol–water partition coefficient (Wildman–Crippen LogP) is 1.01. The van der Waals surface area contributed by atoms with Crippen molar-refractivity contribution in [1.29, 1.82) is 0 Å². The first-order valence-corrected chi connectivity index (χ1v) is 5.94. The number of ether oxygens (including phenoxy) is 3. The molecule has 0 aromatic rings. The summed E-state index contributed by atoms with van der Waals surface area (Å²) in [4.78, 5) is 22.2. The van der Waals surface area contributed by atoms with E-state index in [0.717, 1.165) is 19.4 Å². The van der Waals surface area contributed by atoms with Crippen molar-refractivity contribution >= 4 is 12.1 Å². The summed E-state index contributed by atoms with van der Waals surface area (Å²) in [5, 5.41) is 2.48. The molecule has 102 valence electrons. The Kier molecular flexibility index (Phi) is 6.21. The van der Waals surface area contributed by atoms with Crippen molar-refractivity contribution in [3.63, 3.8) is 0 Å². The molecule has 0 bridgehead atoms. The highest BCUT2D eigenvalue weighted by molar-refractivity contribution is 5.86. The van der Waals surface area contributed by atoms with E-state index in [1.165, 1.54) is 0 Å². The number of hydrogen-bond acceptors (Lipinski definition) is 5. The molecule has 1 heterocycles. The van der Waals surface area contributed by atoms with Crippen LogP contribution < -0.4 is 5.32 Å². The van der Waals surface area contributed by atoms with Gasteiger partial charge in [0, 0.05) is 12.2 Å². The molecule has 6 nitrogen and oxygen atoms in total. The highest BCUT2D eigenvalue weighted by Gasteiger charge is 2.17. The third-order valence-electron chi connectivity index (χ3n) is 2.38. The van der Waals surface area contributed by atoms with Crippen LogP contribution in [0.1, 0.15) is 19.8 Å². The van der Waals surface area contributed by atoms with Gasteiger partial charge in [-0.05, 0) is 19.8 Å². The summed E-state index contributed by atoms with van der Waals surface area (Å²) in [5.74, 6) is -0.468. The van der Waals surface area contributed by atoms with Crippen molar-refractivity contribution < 1.29 is 23.8 Å². The fraction of sp³-hybridized carbons (Fsp3) is 0.667. The first kappa shape index (κ1) is 14.5. The Labute approximate surface area is 106 Å². The molecule has 6 heteroatoms. The first-order valence-electron chi connectivity index (χ1n) is 5.94. The lowest BCUT2D eigenvalue weighted by Gasteiger charge is -2.11. The Morgan fingerprint density at radius 3 is 2.83 bits per heavy atom. The second-order valence-electron chi connectivity index (χ2n) is 4.08. The Bertz CT molecular complexity index is 310. The molecule has 1 saturated heterocycles. The molecule has 1 rings (SSSR count). The van der Waals surface area contributed by atoms with Gasteiger partial charge in [-0.3, -0.25) is 0 Å². The van der Waals surface area contributed by atoms with Crippen molar-refractivity contribution in [2.24, 2.45) is 0 Å². The molecule has 1 amide bonds. The van der Waals surface area contributed by atoms with E-state index in [1.54, 1.807) is 6.92 Å². The van der Waals surface area contributed by atoms with Crippen molar-refractivity contribution in [3.05, 3.63) is 12.2 Å². The fourth-order valence-electron chi connectivity index (χ4n) is 1.42. The minimum Gasteiger partial charge on any atom is -0.460 e. The maximum atomic E-state index is 11.2. The summed E-state index contributed by atoms with van der Waals surface area (Å²) in [6.45, 7) is 6.30. The Morgan fingerprint density at radius 1 is 1.44 bits per heavy atom. The topological polar surface area (TPSA) is 73.9 Å². The van der Waals surface area contributed by atoms with Gasteiger partial charge in [-0.1, -0.05) is 6.58 Å². The maximum absolute atomic E-state index is 11.2. The summed E-state index contributed by atoms with van der Waals surface area (Å²) in [7, 11) is 0. The minimum absolute atomic E-state index is 0.0111. The van der Waals surface area contributed by atoms with E-state index < -0.39 is 12.1 Å². The van der Waals surface area contributed by atoms with Crippen LogP contribution in [0.15, 0.2) is 12.2 Å². The van der Waals surface area contributed by atoms with Gasteiger partial charge < -0.3 is 19.5 Å². The quantitative estimate of drug-likeness (QED) is 0.437. The molecule has 1 atom stereocenters. The zero-order chi connectivity index (χ0) is 13.4. The summed E-state index contributed by atoms with van der Waals surface area (Å²) < 4.78 is 15.0. The lowest BCUT2D eigenvalue weighted by atomic mass is 10.2.